The van der Waals surface area contributed by atoms with E-state index >= 15 is 0 Å². The summed E-state index contributed by atoms with van der Waals surface area (Å²) in [6.45, 7) is 1.69. The van der Waals surface area contributed by atoms with E-state index in [0.717, 1.165) is 18.2 Å². The first-order valence-electron chi connectivity index (χ1n) is 5.37. The highest BCUT2D eigenvalue weighted by atomic mass is 32.2. The lowest BCUT2D eigenvalue weighted by atomic mass is 10.2. The molecule has 0 aliphatic carbocycles. The molecule has 0 saturated heterocycles. The van der Waals surface area contributed by atoms with Crippen LogP contribution in [-0.2, 0) is 10.0 Å². The van der Waals surface area contributed by atoms with Gasteiger partial charge in [0.2, 0.25) is 0 Å². The van der Waals surface area contributed by atoms with Crippen molar-refractivity contribution in [3.63, 3.8) is 0 Å². The molecule has 0 amide bonds. The van der Waals surface area contributed by atoms with Crippen molar-refractivity contribution in [1.82, 2.24) is 10.2 Å². The summed E-state index contributed by atoms with van der Waals surface area (Å²) in [5, 5.41) is 15.0. The predicted molar refractivity (Wildman–Crippen MR) is 67.5 cm³/mol. The molecule has 3 N–H and O–H groups in total. The van der Waals surface area contributed by atoms with Crippen molar-refractivity contribution in [3.05, 3.63) is 41.3 Å². The predicted octanol–water partition coefficient (Wildman–Crippen LogP) is 1.36. The van der Waals surface area contributed by atoms with Gasteiger partial charge in [-0.15, -0.1) is 0 Å². The molecule has 0 unspecified atom stereocenters. The Morgan fingerprint density at radius 2 is 2.10 bits per heavy atom. The highest BCUT2D eigenvalue weighted by Crippen LogP contribution is 2.18. The zero-order valence-electron chi connectivity index (χ0n) is 10.2. The van der Waals surface area contributed by atoms with Crippen LogP contribution in [0.1, 0.15) is 16.1 Å². The van der Waals surface area contributed by atoms with E-state index < -0.39 is 27.4 Å². The number of carboxylic acid groups (broad SMARTS) is 1. The number of aromatic amines is 1. The first kappa shape index (κ1) is 14.0. The molecule has 0 radical (unpaired) electrons. The normalized spacial score (nSPS) is 11.3. The van der Waals surface area contributed by atoms with E-state index in [4.69, 9.17) is 5.11 Å². The molecule has 0 aliphatic heterocycles. The summed E-state index contributed by atoms with van der Waals surface area (Å²) in [4.78, 5) is 10.4. The van der Waals surface area contributed by atoms with Gasteiger partial charge in [0.05, 0.1) is 10.5 Å². The van der Waals surface area contributed by atoms with Gasteiger partial charge >= 0.3 is 5.97 Å². The molecule has 1 aromatic carbocycles. The van der Waals surface area contributed by atoms with Crippen molar-refractivity contribution < 1.29 is 22.7 Å². The molecule has 0 bridgehead atoms. The molecule has 2 rings (SSSR count). The van der Waals surface area contributed by atoms with Crippen molar-refractivity contribution >= 4 is 21.8 Å². The number of benzene rings is 1. The lowest BCUT2D eigenvalue weighted by Crippen LogP contribution is -2.14. The number of H-pyrrole nitrogens is 1. The van der Waals surface area contributed by atoms with E-state index in [1.807, 2.05) is 0 Å². The number of halogens is 1. The second-order valence-electron chi connectivity index (χ2n) is 3.99. The van der Waals surface area contributed by atoms with E-state index in [2.05, 4.69) is 14.9 Å². The number of carboxylic acids is 1. The highest BCUT2D eigenvalue weighted by Gasteiger charge is 2.20. The molecule has 0 spiro atoms. The van der Waals surface area contributed by atoms with Crippen molar-refractivity contribution in [2.75, 3.05) is 4.72 Å². The Labute approximate surface area is 113 Å². The lowest BCUT2D eigenvalue weighted by Gasteiger charge is -2.06. The Kier molecular flexibility index (Phi) is 3.45. The maximum Gasteiger partial charge on any atom is 0.338 e. The van der Waals surface area contributed by atoms with Gasteiger partial charge in [0.25, 0.3) is 10.0 Å². The summed E-state index contributed by atoms with van der Waals surface area (Å²) in [5.41, 5.74) is -0.0703. The van der Waals surface area contributed by atoms with Gasteiger partial charge < -0.3 is 5.11 Å². The number of rotatable bonds is 4. The third-order valence-corrected chi connectivity index (χ3v) is 3.78. The number of hydrogen-bond acceptors (Lipinski definition) is 4. The van der Waals surface area contributed by atoms with Crippen molar-refractivity contribution in [3.8, 4) is 0 Å². The minimum Gasteiger partial charge on any atom is -0.478 e. The molecular formula is C11H10FN3O4S. The Balaban J connectivity index is 2.39. The molecule has 2 aromatic rings. The number of hydrogen-bond donors (Lipinski definition) is 3. The number of nitrogens with one attached hydrogen (secondary N) is 2. The second-order valence-corrected chi connectivity index (χ2v) is 5.67. The zero-order chi connectivity index (χ0) is 14.9. The van der Waals surface area contributed by atoms with Gasteiger partial charge in [-0.3, -0.25) is 9.82 Å². The molecule has 0 fully saturated rings. The Morgan fingerprint density at radius 3 is 2.65 bits per heavy atom. The Bertz CT molecular complexity index is 770. The summed E-state index contributed by atoms with van der Waals surface area (Å²) in [6.07, 6.45) is 0. The zero-order valence-corrected chi connectivity index (χ0v) is 11.0. The summed E-state index contributed by atoms with van der Waals surface area (Å²) in [7, 11) is -4.04. The molecule has 0 saturated carbocycles. The minimum atomic E-state index is -4.04. The number of nitrogens with zero attached hydrogens (tertiary/aromatic N) is 1. The van der Waals surface area contributed by atoms with Crippen LogP contribution < -0.4 is 4.72 Å². The molecule has 20 heavy (non-hydrogen) atoms. The van der Waals surface area contributed by atoms with Crippen LogP contribution in [-0.4, -0.2) is 29.7 Å². The average Bonchev–Trinajstić information content (AvgIpc) is 2.73. The number of sulfonamides is 1. The van der Waals surface area contributed by atoms with Gasteiger partial charge in [0, 0.05) is 11.8 Å². The quantitative estimate of drug-likeness (QED) is 0.789. The SMILES string of the molecule is Cc1cc(NS(=O)(=O)c2ccc(F)c(C(=O)O)c2)n[nH]1. The minimum absolute atomic E-state index is 0.0590. The maximum absolute atomic E-state index is 13.2. The van der Waals surface area contributed by atoms with Crippen LogP contribution >= 0.6 is 0 Å². The van der Waals surface area contributed by atoms with Gasteiger partial charge in [-0.2, -0.15) is 5.10 Å². The highest BCUT2D eigenvalue weighted by molar-refractivity contribution is 7.92. The maximum atomic E-state index is 13.2. The largest absolute Gasteiger partial charge is 0.478 e. The molecule has 0 aliphatic rings. The van der Waals surface area contributed by atoms with E-state index in [1.165, 1.54) is 6.07 Å². The van der Waals surface area contributed by atoms with Gasteiger partial charge in [0.1, 0.15) is 5.82 Å². The van der Waals surface area contributed by atoms with Gasteiger partial charge in [-0.25, -0.2) is 17.6 Å². The van der Waals surface area contributed by atoms with Gasteiger partial charge in [-0.05, 0) is 25.1 Å². The summed E-state index contributed by atoms with van der Waals surface area (Å²) in [6, 6.07) is 3.97. The number of aryl methyl sites for hydroxylation is 1. The summed E-state index contributed by atoms with van der Waals surface area (Å²) in [5.74, 6) is -2.49. The first-order valence-corrected chi connectivity index (χ1v) is 6.85. The topological polar surface area (TPSA) is 112 Å². The van der Waals surface area contributed by atoms with Crippen molar-refractivity contribution in [2.24, 2.45) is 0 Å². The average molecular weight is 299 g/mol. The molecule has 9 heteroatoms. The second kappa shape index (κ2) is 4.93. The standard InChI is InChI=1S/C11H10FN3O4S/c1-6-4-10(14-13-6)15-20(18,19)7-2-3-9(12)8(5-7)11(16)17/h2-5H,1H3,(H,16,17)(H2,13,14,15). The summed E-state index contributed by atoms with van der Waals surface area (Å²) < 4.78 is 39.4. The van der Waals surface area contributed by atoms with Crippen molar-refractivity contribution in [2.45, 2.75) is 11.8 Å². The number of carbonyl (C=O) groups is 1. The Hall–Kier alpha value is -2.42. The molecular weight excluding hydrogens is 289 g/mol. The van der Waals surface area contributed by atoms with Crippen molar-refractivity contribution in [1.29, 1.82) is 0 Å². The molecule has 1 aromatic heterocycles. The molecule has 1 heterocycles. The third kappa shape index (κ3) is 2.77. The van der Waals surface area contributed by atoms with Crippen LogP contribution in [0.3, 0.4) is 0 Å². The smallest absolute Gasteiger partial charge is 0.338 e. The fourth-order valence-electron chi connectivity index (χ4n) is 1.50. The van der Waals surface area contributed by atoms with Gasteiger partial charge in [-0.1, -0.05) is 0 Å². The van der Waals surface area contributed by atoms with E-state index in [0.29, 0.717) is 5.69 Å². The number of aromatic carboxylic acids is 1. The van der Waals surface area contributed by atoms with E-state index in [1.54, 1.807) is 6.92 Å². The first-order chi connectivity index (χ1) is 9.29. The fourth-order valence-corrected chi connectivity index (χ4v) is 2.52. The van der Waals surface area contributed by atoms with Crippen LogP contribution in [0.4, 0.5) is 10.2 Å². The molecule has 7 nitrogen and oxygen atoms in total. The monoisotopic (exact) mass is 299 g/mol. The number of anilines is 1. The molecule has 106 valence electrons. The Morgan fingerprint density at radius 1 is 1.40 bits per heavy atom. The van der Waals surface area contributed by atoms with Gasteiger partial charge in [0.15, 0.2) is 5.82 Å². The van der Waals surface area contributed by atoms with Crippen LogP contribution in [0.15, 0.2) is 29.2 Å². The third-order valence-electron chi connectivity index (χ3n) is 2.42. The van der Waals surface area contributed by atoms with Crippen LogP contribution in [0.25, 0.3) is 0 Å². The molecule has 0 atom stereocenters. The van der Waals surface area contributed by atoms with E-state index in [9.17, 15) is 17.6 Å². The van der Waals surface area contributed by atoms with Crippen LogP contribution in [0.5, 0.6) is 0 Å². The fraction of sp³-hybridized carbons (Fsp3) is 0.0909. The lowest BCUT2D eigenvalue weighted by molar-refractivity contribution is 0.0691. The van der Waals surface area contributed by atoms with Crippen LogP contribution in [0, 0.1) is 12.7 Å². The number of aromatic nitrogens is 2. The van der Waals surface area contributed by atoms with Crippen LogP contribution in [0.2, 0.25) is 0 Å². The summed E-state index contributed by atoms with van der Waals surface area (Å²) >= 11 is 0. The van der Waals surface area contributed by atoms with E-state index in [-0.39, 0.29) is 10.7 Å².